The maximum Gasteiger partial charge on any atom is 0.120 e. The third-order valence-electron chi connectivity index (χ3n) is 3.91. The first-order valence-electron chi connectivity index (χ1n) is 7.27. The molecule has 1 aliphatic heterocycles. The molecule has 1 heterocycles. The van der Waals surface area contributed by atoms with Crippen LogP contribution in [0, 0.1) is 5.41 Å². The summed E-state index contributed by atoms with van der Waals surface area (Å²) in [4.78, 5) is 0. The van der Waals surface area contributed by atoms with Crippen LogP contribution in [0.25, 0.3) is 0 Å². The molecule has 0 spiro atoms. The standard InChI is InChI=1S/C18H28FN3/c1-11(2)15-14(5)22(10-12(3)13(4)19)21(9)17(16(15)20)18(6,7)8/h17H,1,3-5,10,20H2,2,6-9H3. The van der Waals surface area contributed by atoms with Crippen molar-refractivity contribution in [3.05, 3.63) is 60.3 Å². The van der Waals surface area contributed by atoms with Crippen LogP contribution in [0.4, 0.5) is 4.39 Å². The van der Waals surface area contributed by atoms with Crippen LogP contribution in [-0.2, 0) is 0 Å². The zero-order chi connectivity index (χ0) is 17.4. The fourth-order valence-corrected chi connectivity index (χ4v) is 2.96. The number of nitrogens with zero attached hydrogens (tertiary/aromatic N) is 2. The first kappa shape index (κ1) is 18.2. The molecule has 3 nitrogen and oxygen atoms in total. The second kappa shape index (κ2) is 6.13. The number of rotatable bonds is 4. The van der Waals surface area contributed by atoms with Gasteiger partial charge in [0.15, 0.2) is 0 Å². The molecule has 0 aromatic carbocycles. The van der Waals surface area contributed by atoms with E-state index in [4.69, 9.17) is 5.73 Å². The van der Waals surface area contributed by atoms with Crippen molar-refractivity contribution in [2.45, 2.75) is 33.7 Å². The highest BCUT2D eigenvalue weighted by Crippen LogP contribution is 2.39. The van der Waals surface area contributed by atoms with Crippen molar-refractivity contribution in [1.82, 2.24) is 10.0 Å². The number of hydrazine groups is 1. The van der Waals surface area contributed by atoms with Gasteiger partial charge < -0.3 is 10.7 Å². The van der Waals surface area contributed by atoms with Crippen molar-refractivity contribution in [3.63, 3.8) is 0 Å². The smallest absolute Gasteiger partial charge is 0.120 e. The van der Waals surface area contributed by atoms with Crippen molar-refractivity contribution < 1.29 is 4.39 Å². The molecule has 1 unspecified atom stereocenters. The highest BCUT2D eigenvalue weighted by molar-refractivity contribution is 5.49. The lowest BCUT2D eigenvalue weighted by atomic mass is 9.80. The SMILES string of the molecule is C=C(C)C1=C(N)C(C(C)(C)C)N(C)N(CC(=C)C(=C)F)C1=C. The van der Waals surface area contributed by atoms with Gasteiger partial charge in [0.1, 0.15) is 5.83 Å². The van der Waals surface area contributed by atoms with Gasteiger partial charge in [-0.1, -0.05) is 47.1 Å². The van der Waals surface area contributed by atoms with Crippen LogP contribution >= 0.6 is 0 Å². The van der Waals surface area contributed by atoms with Gasteiger partial charge in [0.25, 0.3) is 0 Å². The topological polar surface area (TPSA) is 32.5 Å². The Morgan fingerprint density at radius 3 is 2.14 bits per heavy atom. The van der Waals surface area contributed by atoms with Crippen LogP contribution in [0.1, 0.15) is 27.7 Å². The monoisotopic (exact) mass is 305 g/mol. The molecule has 0 fully saturated rings. The molecular formula is C18H28FN3. The Kier molecular flexibility index (Phi) is 5.08. The van der Waals surface area contributed by atoms with E-state index in [1.54, 1.807) is 0 Å². The molecule has 0 aromatic heterocycles. The summed E-state index contributed by atoms with van der Waals surface area (Å²) in [6.07, 6.45) is 0. The zero-order valence-electron chi connectivity index (χ0n) is 14.5. The molecule has 0 saturated carbocycles. The van der Waals surface area contributed by atoms with Crippen LogP contribution in [0.3, 0.4) is 0 Å². The van der Waals surface area contributed by atoms with E-state index in [1.165, 1.54) is 0 Å². The quantitative estimate of drug-likeness (QED) is 0.799. The summed E-state index contributed by atoms with van der Waals surface area (Å²) in [5.41, 5.74) is 9.77. The van der Waals surface area contributed by atoms with Gasteiger partial charge in [-0.05, 0) is 17.9 Å². The Morgan fingerprint density at radius 1 is 1.27 bits per heavy atom. The average molecular weight is 305 g/mol. The minimum atomic E-state index is -0.520. The lowest BCUT2D eigenvalue weighted by Crippen LogP contribution is -2.57. The lowest BCUT2D eigenvalue weighted by Gasteiger charge is -2.50. The summed E-state index contributed by atoms with van der Waals surface area (Å²) < 4.78 is 13.3. The summed E-state index contributed by atoms with van der Waals surface area (Å²) in [7, 11) is 1.93. The van der Waals surface area contributed by atoms with Gasteiger partial charge in [-0.3, -0.25) is 0 Å². The molecule has 0 saturated heterocycles. The van der Waals surface area contributed by atoms with Gasteiger partial charge in [0, 0.05) is 23.9 Å². The van der Waals surface area contributed by atoms with Crippen LogP contribution in [0.15, 0.2) is 60.3 Å². The molecule has 1 aliphatic rings. The molecule has 2 N–H and O–H groups in total. The summed E-state index contributed by atoms with van der Waals surface area (Å²) in [5.74, 6) is -0.520. The van der Waals surface area contributed by atoms with Gasteiger partial charge in [-0.25, -0.2) is 9.40 Å². The predicted molar refractivity (Wildman–Crippen MR) is 92.3 cm³/mol. The zero-order valence-corrected chi connectivity index (χ0v) is 14.5. The number of allylic oxidation sites excluding steroid dienone is 1. The van der Waals surface area contributed by atoms with Crippen molar-refractivity contribution in [1.29, 1.82) is 0 Å². The number of halogens is 1. The second-order valence-electron chi connectivity index (χ2n) is 6.97. The van der Waals surface area contributed by atoms with Crippen molar-refractivity contribution in [2.24, 2.45) is 11.1 Å². The number of hydrogen-bond acceptors (Lipinski definition) is 3. The van der Waals surface area contributed by atoms with Crippen LogP contribution in [-0.4, -0.2) is 29.7 Å². The Bertz CT molecular complexity index is 563. The van der Waals surface area contributed by atoms with E-state index in [0.717, 1.165) is 16.8 Å². The molecule has 0 radical (unpaired) electrons. The normalized spacial score (nSPS) is 20.4. The van der Waals surface area contributed by atoms with Crippen molar-refractivity contribution in [2.75, 3.05) is 13.6 Å². The number of hydrogen-bond donors (Lipinski definition) is 1. The Morgan fingerprint density at radius 2 is 1.77 bits per heavy atom. The molecule has 1 atom stereocenters. The molecule has 4 heteroatoms. The largest absolute Gasteiger partial charge is 0.400 e. The minimum Gasteiger partial charge on any atom is -0.400 e. The van der Waals surface area contributed by atoms with Crippen LogP contribution < -0.4 is 5.73 Å². The van der Waals surface area contributed by atoms with Crippen LogP contribution in [0.2, 0.25) is 0 Å². The van der Waals surface area contributed by atoms with E-state index in [0.29, 0.717) is 11.3 Å². The average Bonchev–Trinajstić information content (AvgIpc) is 2.31. The third-order valence-corrected chi connectivity index (χ3v) is 3.91. The number of nitrogens with two attached hydrogens (primary N) is 1. The maximum absolute atomic E-state index is 13.3. The molecule has 122 valence electrons. The Hall–Kier alpha value is -1.81. The predicted octanol–water partition coefficient (Wildman–Crippen LogP) is 3.91. The van der Waals surface area contributed by atoms with Gasteiger partial charge >= 0.3 is 0 Å². The van der Waals surface area contributed by atoms with E-state index in [-0.39, 0.29) is 18.0 Å². The van der Waals surface area contributed by atoms with E-state index >= 15 is 0 Å². The highest BCUT2D eigenvalue weighted by atomic mass is 19.1. The summed E-state index contributed by atoms with van der Waals surface area (Å²) in [6.45, 7) is 23.7. The van der Waals surface area contributed by atoms with Crippen molar-refractivity contribution in [3.8, 4) is 0 Å². The van der Waals surface area contributed by atoms with Gasteiger partial charge in [0.05, 0.1) is 18.3 Å². The first-order valence-corrected chi connectivity index (χ1v) is 7.27. The second-order valence-corrected chi connectivity index (χ2v) is 6.97. The minimum absolute atomic E-state index is 0.0506. The molecule has 22 heavy (non-hydrogen) atoms. The van der Waals surface area contributed by atoms with E-state index < -0.39 is 5.83 Å². The molecule has 0 amide bonds. The van der Waals surface area contributed by atoms with Gasteiger partial charge in [-0.2, -0.15) is 0 Å². The number of likely N-dealkylation sites (N-methyl/N-ethyl adjacent to an activating group) is 1. The first-order chi connectivity index (χ1) is 9.89. The fourth-order valence-electron chi connectivity index (χ4n) is 2.96. The summed E-state index contributed by atoms with van der Waals surface area (Å²) >= 11 is 0. The fraction of sp³-hybridized carbons (Fsp3) is 0.444. The third kappa shape index (κ3) is 3.33. The van der Waals surface area contributed by atoms with E-state index in [1.807, 2.05) is 24.0 Å². The summed E-state index contributed by atoms with van der Waals surface area (Å²) in [6, 6.07) is -0.0506. The summed E-state index contributed by atoms with van der Waals surface area (Å²) in [5, 5.41) is 3.89. The molecule has 0 aliphatic carbocycles. The molecule has 0 bridgehead atoms. The van der Waals surface area contributed by atoms with E-state index in [2.05, 4.69) is 47.1 Å². The molecular weight excluding hydrogens is 277 g/mol. The lowest BCUT2D eigenvalue weighted by molar-refractivity contribution is -0.0313. The highest BCUT2D eigenvalue weighted by Gasteiger charge is 2.40. The van der Waals surface area contributed by atoms with Gasteiger partial charge in [-0.15, -0.1) is 0 Å². The van der Waals surface area contributed by atoms with Gasteiger partial charge in [0.2, 0.25) is 0 Å². The molecule has 1 rings (SSSR count). The molecule has 0 aromatic rings. The Balaban J connectivity index is 3.39. The van der Waals surface area contributed by atoms with Crippen LogP contribution in [0.5, 0.6) is 0 Å². The Labute approximate surface area is 133 Å². The van der Waals surface area contributed by atoms with E-state index in [9.17, 15) is 4.39 Å². The maximum atomic E-state index is 13.3. The van der Waals surface area contributed by atoms with Crippen molar-refractivity contribution >= 4 is 0 Å².